The first-order valence-electron chi connectivity index (χ1n) is 23.6. The highest BCUT2D eigenvalue weighted by Gasteiger charge is 2.45. The van der Waals surface area contributed by atoms with Crippen LogP contribution in [0.2, 0.25) is 0 Å². The SMILES string of the molecule is COc1cc2c(cc1OCCCOc1cc3c(cc1OC)C(=O)N1c4ccccc4CC1CN3CC(C)(C)SC1CC(=O)N(CCC(=O)ON3C(=O)CCC3=O)C1=O)N=C[C@@H]1Cc3ccccc3N1C2=O. The molecule has 0 saturated carbocycles. The van der Waals surface area contributed by atoms with Crippen molar-refractivity contribution in [1.82, 2.24) is 9.96 Å². The summed E-state index contributed by atoms with van der Waals surface area (Å²) in [4.78, 5) is 108. The van der Waals surface area contributed by atoms with Crippen molar-refractivity contribution in [3.63, 3.8) is 0 Å². The lowest BCUT2D eigenvalue weighted by molar-refractivity contribution is -0.197. The molecule has 0 radical (unpaired) electrons. The Morgan fingerprint density at radius 3 is 2.03 bits per heavy atom. The van der Waals surface area contributed by atoms with E-state index >= 15 is 0 Å². The average Bonchev–Trinajstić information content (AvgIpc) is 4.04. The molecule has 368 valence electrons. The number of hydrogen-bond acceptors (Lipinski definition) is 15. The molecule has 0 aliphatic carbocycles. The number of para-hydroxylation sites is 2. The van der Waals surface area contributed by atoms with Crippen molar-refractivity contribution in [2.75, 3.05) is 61.8 Å². The van der Waals surface area contributed by atoms with E-state index in [0.717, 1.165) is 27.4 Å². The van der Waals surface area contributed by atoms with Crippen LogP contribution in [0.15, 0.2) is 77.8 Å². The molecule has 6 aliphatic heterocycles. The van der Waals surface area contributed by atoms with Gasteiger partial charge in [-0.3, -0.25) is 43.6 Å². The van der Waals surface area contributed by atoms with E-state index in [1.807, 2.05) is 79.6 Å². The number of rotatable bonds is 16. The quantitative estimate of drug-likeness (QED) is 0.0956. The molecule has 2 fully saturated rings. The number of carbonyl (C=O) groups excluding carboxylic acids is 7. The van der Waals surface area contributed by atoms with Crippen LogP contribution in [-0.2, 0) is 41.7 Å². The number of hydroxylamine groups is 2. The Morgan fingerprint density at radius 2 is 1.34 bits per heavy atom. The minimum atomic E-state index is -0.902. The molecule has 10 rings (SSSR count). The second-order valence-electron chi connectivity index (χ2n) is 18.7. The highest BCUT2D eigenvalue weighted by Crippen LogP contribution is 2.45. The molecule has 0 aromatic heterocycles. The van der Waals surface area contributed by atoms with Crippen molar-refractivity contribution in [3.8, 4) is 23.0 Å². The summed E-state index contributed by atoms with van der Waals surface area (Å²) in [5, 5.41) is -0.306. The minimum Gasteiger partial charge on any atom is -0.493 e. The molecular formula is C52H52N6O12S. The Balaban J connectivity index is 0.830. The van der Waals surface area contributed by atoms with Crippen LogP contribution in [0.1, 0.15) is 77.8 Å². The molecule has 18 nitrogen and oxygen atoms in total. The third-order valence-electron chi connectivity index (χ3n) is 13.5. The van der Waals surface area contributed by atoms with Crippen LogP contribution >= 0.6 is 11.8 Å². The molecule has 0 N–H and O–H groups in total. The molecule has 3 atom stereocenters. The van der Waals surface area contributed by atoms with Crippen LogP contribution in [0, 0.1) is 0 Å². The number of anilines is 3. The predicted molar refractivity (Wildman–Crippen MR) is 262 cm³/mol. The molecule has 0 spiro atoms. The summed E-state index contributed by atoms with van der Waals surface area (Å²) in [7, 11) is 3.05. The Kier molecular flexibility index (Phi) is 12.7. The van der Waals surface area contributed by atoms with E-state index in [1.165, 1.54) is 26.0 Å². The lowest BCUT2D eigenvalue weighted by atomic mass is 10.1. The zero-order valence-corrected chi connectivity index (χ0v) is 40.5. The van der Waals surface area contributed by atoms with Crippen molar-refractivity contribution >= 4 is 82.1 Å². The number of carbonyl (C=O) groups is 7. The first-order valence-corrected chi connectivity index (χ1v) is 24.5. The Bertz CT molecular complexity index is 2910. The van der Waals surface area contributed by atoms with E-state index in [9.17, 15) is 33.6 Å². The van der Waals surface area contributed by atoms with E-state index in [2.05, 4.69) is 4.90 Å². The number of imide groups is 2. The van der Waals surface area contributed by atoms with E-state index in [0.29, 0.717) is 82.9 Å². The largest absolute Gasteiger partial charge is 0.493 e. The van der Waals surface area contributed by atoms with E-state index in [4.69, 9.17) is 28.8 Å². The third kappa shape index (κ3) is 9.02. The molecule has 6 amide bonds. The number of ether oxygens (including phenoxy) is 4. The Hall–Kier alpha value is -7.41. The van der Waals surface area contributed by atoms with E-state index < -0.39 is 39.6 Å². The van der Waals surface area contributed by atoms with Gasteiger partial charge < -0.3 is 33.6 Å². The van der Waals surface area contributed by atoms with Gasteiger partial charge in [-0.2, -0.15) is 0 Å². The summed E-state index contributed by atoms with van der Waals surface area (Å²) in [6.45, 7) is 4.99. The van der Waals surface area contributed by atoms with Gasteiger partial charge in [0.05, 0.1) is 73.7 Å². The van der Waals surface area contributed by atoms with Gasteiger partial charge in [-0.15, -0.1) is 16.8 Å². The van der Waals surface area contributed by atoms with Crippen molar-refractivity contribution in [2.24, 2.45) is 4.99 Å². The molecule has 0 bridgehead atoms. The number of fused-ring (bicyclic) bond motifs is 8. The number of nitrogens with zero attached hydrogens (tertiary/aromatic N) is 6. The highest BCUT2D eigenvalue weighted by molar-refractivity contribution is 8.02. The van der Waals surface area contributed by atoms with Gasteiger partial charge in [0.15, 0.2) is 23.0 Å². The first-order chi connectivity index (χ1) is 34.2. The van der Waals surface area contributed by atoms with Crippen molar-refractivity contribution in [2.45, 2.75) is 80.9 Å². The zero-order valence-electron chi connectivity index (χ0n) is 39.7. The van der Waals surface area contributed by atoms with Gasteiger partial charge in [0.2, 0.25) is 11.8 Å². The smallest absolute Gasteiger partial charge is 0.335 e. The van der Waals surface area contributed by atoms with Gasteiger partial charge in [0.25, 0.3) is 23.6 Å². The Labute approximate surface area is 413 Å². The van der Waals surface area contributed by atoms with E-state index in [1.54, 1.807) is 23.1 Å². The van der Waals surface area contributed by atoms with Gasteiger partial charge in [-0.05, 0) is 55.7 Å². The fourth-order valence-corrected chi connectivity index (χ4v) is 11.7. The van der Waals surface area contributed by atoms with Gasteiger partial charge >= 0.3 is 5.97 Å². The van der Waals surface area contributed by atoms with Gasteiger partial charge in [0, 0.05) is 86.2 Å². The van der Waals surface area contributed by atoms with Gasteiger partial charge in [-0.1, -0.05) is 36.4 Å². The summed E-state index contributed by atoms with van der Waals surface area (Å²) in [6.07, 6.45) is 3.01. The van der Waals surface area contributed by atoms with Gasteiger partial charge in [-0.25, -0.2) is 4.79 Å². The third-order valence-corrected chi connectivity index (χ3v) is 14.9. The maximum absolute atomic E-state index is 14.7. The number of thioether (sulfide) groups is 1. The summed E-state index contributed by atoms with van der Waals surface area (Å²) in [5.41, 5.74) is 5.83. The van der Waals surface area contributed by atoms with Crippen LogP contribution < -0.4 is 33.6 Å². The van der Waals surface area contributed by atoms with Gasteiger partial charge in [0.1, 0.15) is 0 Å². The van der Waals surface area contributed by atoms with E-state index in [-0.39, 0.29) is 69.3 Å². The van der Waals surface area contributed by atoms with Crippen molar-refractivity contribution in [1.29, 1.82) is 0 Å². The molecule has 6 aliphatic rings. The van der Waals surface area contributed by atoms with Crippen LogP contribution in [0.25, 0.3) is 0 Å². The van der Waals surface area contributed by atoms with Crippen LogP contribution in [0.3, 0.4) is 0 Å². The maximum atomic E-state index is 14.7. The summed E-state index contributed by atoms with van der Waals surface area (Å²) >= 11 is 1.35. The number of likely N-dealkylation sites (tertiary alicyclic amines) is 1. The molecular weight excluding hydrogens is 933 g/mol. The Morgan fingerprint density at radius 1 is 0.718 bits per heavy atom. The average molecular weight is 985 g/mol. The lowest BCUT2D eigenvalue weighted by Crippen LogP contribution is -2.46. The second kappa shape index (κ2) is 19.1. The van der Waals surface area contributed by atoms with Crippen molar-refractivity contribution < 1.29 is 57.3 Å². The molecule has 6 heterocycles. The molecule has 4 aromatic rings. The summed E-state index contributed by atoms with van der Waals surface area (Å²) < 4.78 is 23.5. The number of benzene rings is 4. The minimum absolute atomic E-state index is 0.0528. The van der Waals surface area contributed by atoms with Crippen molar-refractivity contribution in [3.05, 3.63) is 95.1 Å². The normalized spacial score (nSPS) is 20.1. The molecule has 2 unspecified atom stereocenters. The molecule has 2 saturated heterocycles. The fraction of sp³-hybridized carbons (Fsp3) is 0.385. The lowest BCUT2D eigenvalue weighted by Gasteiger charge is -2.36. The van der Waals surface area contributed by atoms with Crippen LogP contribution in [0.4, 0.5) is 22.7 Å². The molecule has 4 aromatic carbocycles. The summed E-state index contributed by atoms with van der Waals surface area (Å²) in [5.74, 6) is -1.75. The zero-order chi connectivity index (χ0) is 49.7. The second-order valence-corrected chi connectivity index (χ2v) is 20.6. The fourth-order valence-electron chi connectivity index (χ4n) is 10.3. The predicted octanol–water partition coefficient (Wildman–Crippen LogP) is 5.87. The topological polar surface area (TPSA) is 194 Å². The van der Waals surface area contributed by atoms with Crippen LogP contribution in [-0.4, -0.2) is 127 Å². The standard InChI is InChI=1S/C52H52N6O12S/c1-52(2,71-44-26-47(61)55(51(44)65)17-16-48(62)70-58-45(59)14-15-46(58)60)29-54-28-33-21-31-11-6-8-13-38(31)57(33)50(64)35-23-41(67-4)43(25-39(35)54)69-19-9-18-68-42-24-36-34(22-40(42)66-3)49(63)56-32(27-53-36)20-30-10-5-7-12-37(30)56/h5-8,10-13,22-25,27,32-33,44H,9,14-21,26,28-29H2,1-4H3/t32-,33?,44?/m0/s1. The maximum Gasteiger partial charge on any atom is 0.335 e. The molecule has 71 heavy (non-hydrogen) atoms. The number of amides is 6. The first kappa shape index (κ1) is 47.3. The number of aliphatic imine (C=N–C) groups is 1. The highest BCUT2D eigenvalue weighted by atomic mass is 32.2. The summed E-state index contributed by atoms with van der Waals surface area (Å²) in [6, 6.07) is 22.3. The number of hydrogen-bond donors (Lipinski definition) is 0. The monoisotopic (exact) mass is 984 g/mol. The molecule has 19 heteroatoms. The number of methoxy groups -OCH3 is 2. The van der Waals surface area contributed by atoms with Crippen LogP contribution in [0.5, 0.6) is 23.0 Å².